The van der Waals surface area contributed by atoms with Crippen molar-refractivity contribution in [3.63, 3.8) is 0 Å². The lowest BCUT2D eigenvalue weighted by molar-refractivity contribution is 0.266. The van der Waals surface area contributed by atoms with Gasteiger partial charge in [0.1, 0.15) is 5.82 Å². The number of aromatic nitrogens is 1. The van der Waals surface area contributed by atoms with E-state index in [1.54, 1.807) is 12.3 Å². The fourth-order valence-electron chi connectivity index (χ4n) is 1.60. The molecular formula is C9H11ClN4O. The summed E-state index contributed by atoms with van der Waals surface area (Å²) in [6, 6.07) is 3.61. The smallest absolute Gasteiger partial charge is 0.147 e. The summed E-state index contributed by atoms with van der Waals surface area (Å²) in [6.45, 7) is 2.69. The van der Waals surface area contributed by atoms with Gasteiger partial charge < -0.3 is 4.90 Å². The summed E-state index contributed by atoms with van der Waals surface area (Å²) in [6.07, 6.45) is 1.71. The van der Waals surface area contributed by atoms with Crippen molar-refractivity contribution in [3.05, 3.63) is 28.3 Å². The van der Waals surface area contributed by atoms with E-state index < -0.39 is 0 Å². The molecule has 5 nitrogen and oxygen atoms in total. The Kier molecular flexibility index (Phi) is 3.01. The molecule has 1 aromatic heterocycles. The fourth-order valence-corrected chi connectivity index (χ4v) is 1.84. The molecule has 0 N–H and O–H groups in total. The van der Waals surface area contributed by atoms with Crippen molar-refractivity contribution in [2.75, 3.05) is 31.1 Å². The Labute approximate surface area is 92.6 Å². The van der Waals surface area contributed by atoms with E-state index in [0.717, 1.165) is 18.9 Å². The first-order chi connectivity index (χ1) is 7.31. The van der Waals surface area contributed by atoms with Gasteiger partial charge in [-0.2, -0.15) is 0 Å². The summed E-state index contributed by atoms with van der Waals surface area (Å²) >= 11 is 6.02. The van der Waals surface area contributed by atoms with Crippen LogP contribution in [0.15, 0.2) is 23.6 Å². The molecule has 0 spiro atoms. The number of halogens is 1. The summed E-state index contributed by atoms with van der Waals surface area (Å²) in [4.78, 5) is 16.6. The molecule has 1 aromatic rings. The Morgan fingerprint density at radius 1 is 1.33 bits per heavy atom. The van der Waals surface area contributed by atoms with Gasteiger partial charge in [-0.15, -0.1) is 4.91 Å². The second kappa shape index (κ2) is 4.44. The SMILES string of the molecule is O=NN1CCN(c2ncccc2Cl)CC1. The van der Waals surface area contributed by atoms with Gasteiger partial charge in [-0.1, -0.05) is 11.6 Å². The van der Waals surface area contributed by atoms with E-state index in [4.69, 9.17) is 11.6 Å². The van der Waals surface area contributed by atoms with Gasteiger partial charge in [0.2, 0.25) is 0 Å². The third kappa shape index (κ3) is 2.18. The molecule has 2 rings (SSSR count). The summed E-state index contributed by atoms with van der Waals surface area (Å²) < 4.78 is 0. The standard InChI is InChI=1S/C9H11ClN4O/c10-8-2-1-3-11-9(8)13-4-6-14(12-15)7-5-13/h1-3H,4-7H2. The first-order valence-corrected chi connectivity index (χ1v) is 5.13. The van der Waals surface area contributed by atoms with Crippen LogP contribution in [0.2, 0.25) is 5.02 Å². The molecule has 0 unspecified atom stereocenters. The molecule has 0 bridgehead atoms. The van der Waals surface area contributed by atoms with E-state index >= 15 is 0 Å². The Morgan fingerprint density at radius 3 is 2.67 bits per heavy atom. The molecule has 15 heavy (non-hydrogen) atoms. The Bertz CT molecular complexity index is 352. The first-order valence-electron chi connectivity index (χ1n) is 4.75. The van der Waals surface area contributed by atoms with Crippen LogP contribution in [0.3, 0.4) is 0 Å². The highest BCUT2D eigenvalue weighted by molar-refractivity contribution is 6.32. The largest absolute Gasteiger partial charge is 0.352 e. The molecule has 1 saturated heterocycles. The van der Waals surface area contributed by atoms with E-state index in [2.05, 4.69) is 15.2 Å². The zero-order chi connectivity index (χ0) is 10.7. The summed E-state index contributed by atoms with van der Waals surface area (Å²) in [5, 5.41) is 5.05. The minimum atomic E-state index is 0.621. The number of hydrogen-bond acceptors (Lipinski definition) is 4. The number of piperazine rings is 1. The number of pyridine rings is 1. The van der Waals surface area contributed by atoms with Gasteiger partial charge in [0.25, 0.3) is 0 Å². The molecule has 0 atom stereocenters. The molecule has 0 amide bonds. The van der Waals surface area contributed by atoms with Crippen molar-refractivity contribution in [1.82, 2.24) is 9.99 Å². The fraction of sp³-hybridized carbons (Fsp3) is 0.444. The van der Waals surface area contributed by atoms with E-state index in [9.17, 15) is 4.91 Å². The molecule has 1 aliphatic heterocycles. The number of anilines is 1. The van der Waals surface area contributed by atoms with Crippen molar-refractivity contribution >= 4 is 17.4 Å². The van der Waals surface area contributed by atoms with Crippen LogP contribution < -0.4 is 4.90 Å². The van der Waals surface area contributed by atoms with E-state index in [1.807, 2.05) is 6.07 Å². The van der Waals surface area contributed by atoms with Crippen molar-refractivity contribution in [2.24, 2.45) is 5.29 Å². The van der Waals surface area contributed by atoms with Crippen molar-refractivity contribution in [2.45, 2.75) is 0 Å². The lowest BCUT2D eigenvalue weighted by atomic mass is 10.3. The minimum Gasteiger partial charge on any atom is -0.352 e. The maximum absolute atomic E-state index is 10.3. The van der Waals surface area contributed by atoms with E-state index in [1.165, 1.54) is 5.01 Å². The Morgan fingerprint density at radius 2 is 2.07 bits per heavy atom. The van der Waals surface area contributed by atoms with Gasteiger partial charge in [-0.25, -0.2) is 4.98 Å². The van der Waals surface area contributed by atoms with Crippen LogP contribution in [0.1, 0.15) is 0 Å². The monoisotopic (exact) mass is 226 g/mol. The quantitative estimate of drug-likeness (QED) is 0.718. The highest BCUT2D eigenvalue weighted by Gasteiger charge is 2.18. The third-order valence-electron chi connectivity index (χ3n) is 2.41. The normalized spacial score (nSPS) is 16.6. The molecule has 0 radical (unpaired) electrons. The molecule has 0 aliphatic carbocycles. The van der Waals surface area contributed by atoms with Crippen LogP contribution in [-0.2, 0) is 0 Å². The highest BCUT2D eigenvalue weighted by atomic mass is 35.5. The molecule has 80 valence electrons. The first kappa shape index (κ1) is 10.2. The van der Waals surface area contributed by atoms with E-state index in [-0.39, 0.29) is 0 Å². The Hall–Kier alpha value is -1.36. The molecule has 6 heteroatoms. The lowest BCUT2D eigenvalue weighted by Crippen LogP contribution is -2.44. The van der Waals surface area contributed by atoms with Crippen LogP contribution >= 0.6 is 11.6 Å². The van der Waals surface area contributed by atoms with Gasteiger partial charge in [0, 0.05) is 19.3 Å². The van der Waals surface area contributed by atoms with Crippen LogP contribution in [0.4, 0.5) is 5.82 Å². The number of rotatable bonds is 2. The number of nitroso groups, excluding NO2 is 1. The van der Waals surface area contributed by atoms with Crippen LogP contribution in [-0.4, -0.2) is 36.2 Å². The van der Waals surface area contributed by atoms with Gasteiger partial charge in [-0.05, 0) is 12.1 Å². The molecular weight excluding hydrogens is 216 g/mol. The molecule has 1 aliphatic rings. The van der Waals surface area contributed by atoms with Crippen LogP contribution in [0.5, 0.6) is 0 Å². The van der Waals surface area contributed by atoms with Crippen molar-refractivity contribution in [1.29, 1.82) is 0 Å². The topological polar surface area (TPSA) is 48.8 Å². The average Bonchev–Trinajstić information content (AvgIpc) is 2.30. The number of hydrogen-bond donors (Lipinski definition) is 0. The summed E-state index contributed by atoms with van der Waals surface area (Å²) in [5.41, 5.74) is 0. The predicted octanol–water partition coefficient (Wildman–Crippen LogP) is 1.54. The molecule has 0 aromatic carbocycles. The summed E-state index contributed by atoms with van der Waals surface area (Å²) in [5.74, 6) is 0.782. The highest BCUT2D eigenvalue weighted by Crippen LogP contribution is 2.23. The maximum Gasteiger partial charge on any atom is 0.147 e. The average molecular weight is 227 g/mol. The number of nitrogens with zero attached hydrogens (tertiary/aromatic N) is 4. The van der Waals surface area contributed by atoms with Crippen molar-refractivity contribution < 1.29 is 0 Å². The van der Waals surface area contributed by atoms with Crippen LogP contribution in [0, 0.1) is 4.91 Å². The zero-order valence-corrected chi connectivity index (χ0v) is 8.89. The van der Waals surface area contributed by atoms with Gasteiger partial charge in [0.15, 0.2) is 0 Å². The zero-order valence-electron chi connectivity index (χ0n) is 8.14. The van der Waals surface area contributed by atoms with E-state index in [0.29, 0.717) is 18.1 Å². The van der Waals surface area contributed by atoms with Gasteiger partial charge >= 0.3 is 0 Å². The van der Waals surface area contributed by atoms with Gasteiger partial charge in [-0.3, -0.25) is 5.01 Å². The summed E-state index contributed by atoms with van der Waals surface area (Å²) in [7, 11) is 0. The minimum absolute atomic E-state index is 0.621. The van der Waals surface area contributed by atoms with Crippen molar-refractivity contribution in [3.8, 4) is 0 Å². The molecule has 2 heterocycles. The lowest BCUT2D eigenvalue weighted by Gasteiger charge is -2.32. The maximum atomic E-state index is 10.3. The predicted molar refractivity (Wildman–Crippen MR) is 58.8 cm³/mol. The Balaban J connectivity index is 2.07. The molecule has 0 saturated carbocycles. The van der Waals surface area contributed by atoms with Gasteiger partial charge in [0.05, 0.1) is 23.4 Å². The third-order valence-corrected chi connectivity index (χ3v) is 2.71. The van der Waals surface area contributed by atoms with Crippen LogP contribution in [0.25, 0.3) is 0 Å². The second-order valence-corrected chi connectivity index (χ2v) is 3.74. The molecule has 1 fully saturated rings. The second-order valence-electron chi connectivity index (χ2n) is 3.33.